The van der Waals surface area contributed by atoms with Crippen molar-refractivity contribution >= 4 is 21.6 Å². The molecule has 0 bridgehead atoms. The van der Waals surface area contributed by atoms with Crippen LogP contribution in [0.25, 0.3) is 0 Å². The second-order valence-corrected chi connectivity index (χ2v) is 6.13. The van der Waals surface area contributed by atoms with E-state index in [0.29, 0.717) is 5.69 Å². The Hall–Kier alpha value is -0.740. The Bertz CT molecular complexity index is 425. The zero-order valence-corrected chi connectivity index (χ0v) is 11.9. The maximum absolute atomic E-state index is 6.10. The van der Waals surface area contributed by atoms with E-state index in [0.717, 1.165) is 29.7 Å². The molecule has 1 aromatic carbocycles. The highest BCUT2D eigenvalue weighted by atomic mass is 79.9. The summed E-state index contributed by atoms with van der Waals surface area (Å²) in [7, 11) is 0. The number of halogens is 1. The Morgan fingerprint density at radius 1 is 1.39 bits per heavy atom. The van der Waals surface area contributed by atoms with Crippen molar-refractivity contribution in [2.24, 2.45) is 0 Å². The van der Waals surface area contributed by atoms with Crippen molar-refractivity contribution in [3.05, 3.63) is 22.7 Å². The van der Waals surface area contributed by atoms with Crippen LogP contribution in [0.4, 0.5) is 5.69 Å². The number of ether oxygens (including phenoxy) is 2. The Morgan fingerprint density at radius 3 is 2.89 bits per heavy atom. The first-order chi connectivity index (χ1) is 8.69. The zero-order chi connectivity index (χ0) is 12.6. The fourth-order valence-corrected chi connectivity index (χ4v) is 3.29. The lowest BCUT2D eigenvalue weighted by molar-refractivity contribution is -0.153. The number of benzene rings is 1. The molecule has 2 fully saturated rings. The van der Waals surface area contributed by atoms with E-state index in [1.807, 2.05) is 18.2 Å². The van der Waals surface area contributed by atoms with Gasteiger partial charge >= 0.3 is 0 Å². The maximum atomic E-state index is 6.10. The molecule has 2 aliphatic rings. The second kappa shape index (κ2) is 4.74. The summed E-state index contributed by atoms with van der Waals surface area (Å²) in [4.78, 5) is 0. The SMILES string of the molecule is Nc1cccc(Br)c1OC1CCOC2(CCC2)C1. The van der Waals surface area contributed by atoms with Crippen LogP contribution in [0.2, 0.25) is 0 Å². The minimum atomic E-state index is 0.110. The number of rotatable bonds is 2. The Balaban J connectivity index is 1.72. The fraction of sp³-hybridized carbons (Fsp3) is 0.571. The number of hydrogen-bond donors (Lipinski definition) is 1. The molecule has 1 aromatic rings. The molecule has 98 valence electrons. The molecule has 1 aliphatic heterocycles. The van der Waals surface area contributed by atoms with Crippen LogP contribution in [0, 0.1) is 0 Å². The monoisotopic (exact) mass is 311 g/mol. The number of nitrogens with two attached hydrogens (primary N) is 1. The van der Waals surface area contributed by atoms with Crippen molar-refractivity contribution in [2.75, 3.05) is 12.3 Å². The van der Waals surface area contributed by atoms with Crippen LogP contribution >= 0.6 is 15.9 Å². The van der Waals surface area contributed by atoms with Crippen LogP contribution in [-0.4, -0.2) is 18.3 Å². The van der Waals surface area contributed by atoms with E-state index in [9.17, 15) is 0 Å². The first kappa shape index (κ1) is 12.3. The van der Waals surface area contributed by atoms with Gasteiger partial charge in [0.05, 0.1) is 22.4 Å². The lowest BCUT2D eigenvalue weighted by Gasteiger charge is -2.47. The Morgan fingerprint density at radius 2 is 2.22 bits per heavy atom. The molecule has 3 nitrogen and oxygen atoms in total. The highest BCUT2D eigenvalue weighted by Gasteiger charge is 2.43. The molecule has 1 saturated heterocycles. The van der Waals surface area contributed by atoms with E-state index >= 15 is 0 Å². The van der Waals surface area contributed by atoms with Crippen molar-refractivity contribution < 1.29 is 9.47 Å². The van der Waals surface area contributed by atoms with Crippen molar-refractivity contribution in [2.45, 2.75) is 43.8 Å². The average Bonchev–Trinajstić information content (AvgIpc) is 2.33. The van der Waals surface area contributed by atoms with E-state index in [1.54, 1.807) is 0 Å². The highest BCUT2D eigenvalue weighted by Crippen LogP contribution is 2.44. The second-order valence-electron chi connectivity index (χ2n) is 5.28. The standard InChI is InChI=1S/C14H18BrNO2/c15-11-3-1-4-12(16)13(11)18-10-5-8-17-14(9-10)6-2-7-14/h1,3-4,10H,2,5-9,16H2. The molecule has 0 amide bonds. The Kier molecular flexibility index (Phi) is 3.24. The van der Waals surface area contributed by atoms with Crippen LogP contribution in [0.1, 0.15) is 32.1 Å². The molecule has 4 heteroatoms. The van der Waals surface area contributed by atoms with Gasteiger partial charge in [0, 0.05) is 12.8 Å². The largest absolute Gasteiger partial charge is 0.487 e. The molecule has 0 aromatic heterocycles. The molecule has 1 spiro atoms. The van der Waals surface area contributed by atoms with Crippen LogP contribution in [-0.2, 0) is 4.74 Å². The van der Waals surface area contributed by atoms with E-state index in [-0.39, 0.29) is 11.7 Å². The van der Waals surface area contributed by atoms with Gasteiger partial charge in [-0.2, -0.15) is 0 Å². The number of para-hydroxylation sites is 1. The lowest BCUT2D eigenvalue weighted by Crippen LogP contribution is -2.48. The topological polar surface area (TPSA) is 44.5 Å². The molecular formula is C14H18BrNO2. The number of anilines is 1. The normalized spacial score (nSPS) is 25.7. The van der Waals surface area contributed by atoms with Gasteiger partial charge in [0.1, 0.15) is 6.10 Å². The first-order valence-corrected chi connectivity index (χ1v) is 7.32. The average molecular weight is 312 g/mol. The summed E-state index contributed by atoms with van der Waals surface area (Å²) in [6, 6.07) is 5.76. The van der Waals surface area contributed by atoms with Crippen LogP contribution in [0.3, 0.4) is 0 Å². The molecule has 1 saturated carbocycles. The summed E-state index contributed by atoms with van der Waals surface area (Å²) < 4.78 is 12.9. The lowest BCUT2D eigenvalue weighted by atomic mass is 9.74. The smallest absolute Gasteiger partial charge is 0.156 e. The van der Waals surface area contributed by atoms with Gasteiger partial charge in [-0.15, -0.1) is 0 Å². The zero-order valence-electron chi connectivity index (χ0n) is 10.3. The Labute approximate surface area is 116 Å². The van der Waals surface area contributed by atoms with Gasteiger partial charge in [0.2, 0.25) is 0 Å². The summed E-state index contributed by atoms with van der Waals surface area (Å²) in [6.45, 7) is 0.801. The summed E-state index contributed by atoms with van der Waals surface area (Å²) in [5.41, 5.74) is 6.77. The van der Waals surface area contributed by atoms with Crippen molar-refractivity contribution in [1.82, 2.24) is 0 Å². The summed E-state index contributed by atoms with van der Waals surface area (Å²) in [6.07, 6.45) is 5.80. The molecule has 1 unspecified atom stereocenters. The molecular weight excluding hydrogens is 294 g/mol. The van der Waals surface area contributed by atoms with Gasteiger partial charge in [-0.05, 0) is 47.3 Å². The van der Waals surface area contributed by atoms with E-state index in [1.165, 1.54) is 19.3 Å². The van der Waals surface area contributed by atoms with Crippen molar-refractivity contribution in [3.8, 4) is 5.75 Å². The van der Waals surface area contributed by atoms with Crippen LogP contribution in [0.5, 0.6) is 5.75 Å². The third-order valence-corrected chi connectivity index (χ3v) is 4.62. The minimum Gasteiger partial charge on any atom is -0.487 e. The third kappa shape index (κ3) is 2.24. The van der Waals surface area contributed by atoms with Gasteiger partial charge in [0.15, 0.2) is 5.75 Å². The van der Waals surface area contributed by atoms with Gasteiger partial charge in [-0.25, -0.2) is 0 Å². The van der Waals surface area contributed by atoms with Gasteiger partial charge in [0.25, 0.3) is 0 Å². The predicted molar refractivity (Wildman–Crippen MR) is 74.7 cm³/mol. The van der Waals surface area contributed by atoms with Crippen LogP contribution < -0.4 is 10.5 Å². The summed E-state index contributed by atoms with van der Waals surface area (Å²) in [5, 5.41) is 0. The number of nitrogen functional groups attached to an aromatic ring is 1. The molecule has 1 heterocycles. The maximum Gasteiger partial charge on any atom is 0.156 e. The molecule has 18 heavy (non-hydrogen) atoms. The molecule has 1 aliphatic carbocycles. The minimum absolute atomic E-state index is 0.110. The third-order valence-electron chi connectivity index (χ3n) is 3.99. The van der Waals surface area contributed by atoms with Crippen molar-refractivity contribution in [3.63, 3.8) is 0 Å². The van der Waals surface area contributed by atoms with Crippen molar-refractivity contribution in [1.29, 1.82) is 0 Å². The first-order valence-electron chi connectivity index (χ1n) is 6.53. The molecule has 3 rings (SSSR count). The van der Waals surface area contributed by atoms with Crippen LogP contribution in [0.15, 0.2) is 22.7 Å². The summed E-state index contributed by atoms with van der Waals surface area (Å²) in [5.74, 6) is 0.777. The quantitative estimate of drug-likeness (QED) is 0.850. The summed E-state index contributed by atoms with van der Waals surface area (Å²) >= 11 is 3.50. The van der Waals surface area contributed by atoms with Gasteiger partial charge in [-0.1, -0.05) is 6.07 Å². The van der Waals surface area contributed by atoms with Gasteiger partial charge < -0.3 is 15.2 Å². The van der Waals surface area contributed by atoms with E-state index < -0.39 is 0 Å². The highest BCUT2D eigenvalue weighted by molar-refractivity contribution is 9.10. The predicted octanol–water partition coefficient (Wildman–Crippen LogP) is 3.51. The fourth-order valence-electron chi connectivity index (χ4n) is 2.82. The van der Waals surface area contributed by atoms with E-state index in [2.05, 4.69) is 15.9 Å². The molecule has 0 radical (unpaired) electrons. The molecule has 1 atom stereocenters. The van der Waals surface area contributed by atoms with Gasteiger partial charge in [-0.3, -0.25) is 0 Å². The van der Waals surface area contributed by atoms with E-state index in [4.69, 9.17) is 15.2 Å². The molecule has 2 N–H and O–H groups in total. The number of hydrogen-bond acceptors (Lipinski definition) is 3.